The van der Waals surface area contributed by atoms with Gasteiger partial charge in [-0.15, -0.1) is 0 Å². The molecule has 0 saturated heterocycles. The molecule has 37 heavy (non-hydrogen) atoms. The zero-order valence-electron chi connectivity index (χ0n) is 21.2. The Hall–Kier alpha value is -3.99. The maximum atomic E-state index is 13.7. The van der Waals surface area contributed by atoms with Crippen LogP contribution in [-0.4, -0.2) is 24.1 Å². The molecule has 0 radical (unpaired) electrons. The summed E-state index contributed by atoms with van der Waals surface area (Å²) in [7, 11) is 0. The molecular formula is C32H31NO4. The van der Waals surface area contributed by atoms with Gasteiger partial charge in [0.1, 0.15) is 18.1 Å². The molecule has 0 amide bonds. The SMILES string of the molecule is CCOc1ccc([C@@H]2C(C(=O)OCc3ccccc3)=C(C)N=C3C[C@@H](c4ccccc4)CC(=O)C32)cc1. The molecule has 1 aliphatic heterocycles. The Morgan fingerprint density at radius 3 is 2.22 bits per heavy atom. The summed E-state index contributed by atoms with van der Waals surface area (Å²) in [5.74, 6) is -0.413. The van der Waals surface area contributed by atoms with Crippen LogP contribution in [-0.2, 0) is 20.9 Å². The Bertz CT molecular complexity index is 1330. The van der Waals surface area contributed by atoms with Crippen LogP contribution in [0.2, 0.25) is 0 Å². The van der Waals surface area contributed by atoms with Crippen molar-refractivity contribution in [3.05, 3.63) is 113 Å². The average molecular weight is 494 g/mol. The number of Topliss-reactive ketones (excluding diaryl/α,β-unsaturated/α-hetero) is 1. The molecule has 3 aromatic carbocycles. The molecule has 0 bridgehead atoms. The Balaban J connectivity index is 1.51. The van der Waals surface area contributed by atoms with E-state index in [0.29, 0.717) is 30.7 Å². The minimum atomic E-state index is -0.485. The van der Waals surface area contributed by atoms with Gasteiger partial charge in [-0.05, 0) is 55.0 Å². The summed E-state index contributed by atoms with van der Waals surface area (Å²) in [6.45, 7) is 4.52. The maximum Gasteiger partial charge on any atom is 0.336 e. The molecule has 1 unspecified atom stereocenters. The number of ketones is 1. The van der Waals surface area contributed by atoms with Gasteiger partial charge in [0.15, 0.2) is 0 Å². The highest BCUT2D eigenvalue weighted by atomic mass is 16.5. The van der Waals surface area contributed by atoms with Crippen molar-refractivity contribution in [2.24, 2.45) is 10.9 Å². The fraction of sp³-hybridized carbons (Fsp3) is 0.281. The van der Waals surface area contributed by atoms with E-state index in [0.717, 1.165) is 28.2 Å². The summed E-state index contributed by atoms with van der Waals surface area (Å²) < 4.78 is 11.4. The van der Waals surface area contributed by atoms with Gasteiger partial charge in [0.05, 0.1) is 18.1 Å². The largest absolute Gasteiger partial charge is 0.494 e. The van der Waals surface area contributed by atoms with Gasteiger partial charge in [-0.1, -0.05) is 72.8 Å². The fourth-order valence-electron chi connectivity index (χ4n) is 5.50. The lowest BCUT2D eigenvalue weighted by molar-refractivity contribution is -0.140. The first-order valence-electron chi connectivity index (χ1n) is 12.8. The lowest BCUT2D eigenvalue weighted by Crippen LogP contribution is -2.41. The van der Waals surface area contributed by atoms with E-state index in [-0.39, 0.29) is 18.3 Å². The number of hydrogen-bond donors (Lipinski definition) is 0. The van der Waals surface area contributed by atoms with Crippen molar-refractivity contribution in [1.29, 1.82) is 0 Å². The summed E-state index contributed by atoms with van der Waals surface area (Å²) in [6.07, 6.45) is 1.12. The number of ether oxygens (including phenoxy) is 2. The first kappa shape index (κ1) is 24.7. The van der Waals surface area contributed by atoms with Crippen LogP contribution in [0.15, 0.2) is 101 Å². The quantitative estimate of drug-likeness (QED) is 0.357. The highest BCUT2D eigenvalue weighted by Gasteiger charge is 2.46. The van der Waals surface area contributed by atoms with Crippen LogP contribution in [0.25, 0.3) is 0 Å². The molecule has 3 atom stereocenters. The van der Waals surface area contributed by atoms with Crippen molar-refractivity contribution in [3.8, 4) is 5.75 Å². The minimum absolute atomic E-state index is 0.0871. The van der Waals surface area contributed by atoms with Gasteiger partial charge in [-0.2, -0.15) is 0 Å². The molecule has 1 heterocycles. The van der Waals surface area contributed by atoms with E-state index in [4.69, 9.17) is 14.5 Å². The van der Waals surface area contributed by atoms with E-state index in [1.807, 2.05) is 86.6 Å². The highest BCUT2D eigenvalue weighted by molar-refractivity contribution is 6.12. The fourth-order valence-corrected chi connectivity index (χ4v) is 5.50. The van der Waals surface area contributed by atoms with Gasteiger partial charge in [0.2, 0.25) is 0 Å². The smallest absolute Gasteiger partial charge is 0.336 e. The van der Waals surface area contributed by atoms with Crippen LogP contribution < -0.4 is 4.74 Å². The lowest BCUT2D eigenvalue weighted by atomic mass is 9.66. The summed E-state index contributed by atoms with van der Waals surface area (Å²) >= 11 is 0. The van der Waals surface area contributed by atoms with Crippen LogP contribution in [0.3, 0.4) is 0 Å². The summed E-state index contributed by atoms with van der Waals surface area (Å²) in [5.41, 5.74) is 4.86. The second-order valence-corrected chi connectivity index (χ2v) is 9.60. The van der Waals surface area contributed by atoms with Crippen molar-refractivity contribution < 1.29 is 19.1 Å². The normalized spacial score (nSPS) is 21.2. The van der Waals surface area contributed by atoms with E-state index in [9.17, 15) is 9.59 Å². The van der Waals surface area contributed by atoms with Gasteiger partial charge < -0.3 is 9.47 Å². The zero-order chi connectivity index (χ0) is 25.8. The second-order valence-electron chi connectivity index (χ2n) is 9.60. The van der Waals surface area contributed by atoms with Crippen LogP contribution in [0.4, 0.5) is 0 Å². The second kappa shape index (κ2) is 11.0. The Kier molecular flexibility index (Phi) is 7.31. The number of carbonyl (C=O) groups excluding carboxylic acids is 2. The third kappa shape index (κ3) is 5.26. The van der Waals surface area contributed by atoms with Crippen LogP contribution in [0, 0.1) is 5.92 Å². The molecule has 188 valence electrons. The van der Waals surface area contributed by atoms with Crippen molar-refractivity contribution in [1.82, 2.24) is 0 Å². The third-order valence-corrected chi connectivity index (χ3v) is 7.21. The molecule has 0 aromatic heterocycles. The topological polar surface area (TPSA) is 65.0 Å². The van der Waals surface area contributed by atoms with E-state index in [2.05, 4.69) is 12.1 Å². The molecular weight excluding hydrogens is 462 g/mol. The van der Waals surface area contributed by atoms with E-state index in [1.165, 1.54) is 0 Å². The predicted octanol–water partition coefficient (Wildman–Crippen LogP) is 6.40. The molecule has 1 fully saturated rings. The van der Waals surface area contributed by atoms with Crippen molar-refractivity contribution in [2.75, 3.05) is 6.61 Å². The molecule has 5 nitrogen and oxygen atoms in total. The van der Waals surface area contributed by atoms with Gasteiger partial charge >= 0.3 is 5.97 Å². The molecule has 0 spiro atoms. The molecule has 1 aliphatic carbocycles. The standard InChI is InChI=1S/C32H31NO4/c1-3-36-26-16-14-24(15-17-26)30-29(32(35)37-20-22-10-6-4-7-11-22)21(2)33-27-18-25(19-28(34)31(27)30)23-12-8-5-9-13-23/h4-17,25,30-31H,3,18-20H2,1-2H3/t25-,30-,31?/m1/s1. The third-order valence-electron chi connectivity index (χ3n) is 7.21. The van der Waals surface area contributed by atoms with Gasteiger partial charge in [-0.25, -0.2) is 4.79 Å². The number of hydrogen-bond acceptors (Lipinski definition) is 5. The minimum Gasteiger partial charge on any atom is -0.494 e. The summed E-state index contributed by atoms with van der Waals surface area (Å²) in [6, 6.07) is 27.4. The van der Waals surface area contributed by atoms with Crippen LogP contribution in [0.1, 0.15) is 55.2 Å². The van der Waals surface area contributed by atoms with Crippen molar-refractivity contribution in [3.63, 3.8) is 0 Å². The molecule has 1 saturated carbocycles. The number of allylic oxidation sites excluding steroid dienone is 1. The molecule has 0 N–H and O–H groups in total. The Labute approximate surface area is 217 Å². The summed E-state index contributed by atoms with van der Waals surface area (Å²) in [4.78, 5) is 32.1. The van der Waals surface area contributed by atoms with Gasteiger partial charge in [0.25, 0.3) is 0 Å². The first-order valence-corrected chi connectivity index (χ1v) is 12.8. The monoisotopic (exact) mass is 493 g/mol. The van der Waals surface area contributed by atoms with E-state index >= 15 is 0 Å². The van der Waals surface area contributed by atoms with Gasteiger partial charge in [-0.3, -0.25) is 9.79 Å². The van der Waals surface area contributed by atoms with Crippen LogP contribution in [0.5, 0.6) is 5.75 Å². The van der Waals surface area contributed by atoms with Crippen molar-refractivity contribution >= 4 is 17.5 Å². The molecule has 3 aromatic rings. The Morgan fingerprint density at radius 2 is 1.54 bits per heavy atom. The molecule has 2 aliphatic rings. The lowest BCUT2D eigenvalue weighted by Gasteiger charge is -2.38. The zero-order valence-corrected chi connectivity index (χ0v) is 21.2. The number of esters is 1. The molecule has 5 rings (SSSR count). The van der Waals surface area contributed by atoms with Crippen LogP contribution >= 0.6 is 0 Å². The Morgan fingerprint density at radius 1 is 0.865 bits per heavy atom. The number of rotatable bonds is 7. The molecule has 5 heteroatoms. The van der Waals surface area contributed by atoms with E-state index in [1.54, 1.807) is 0 Å². The number of aliphatic imine (C=N–C) groups is 1. The average Bonchev–Trinajstić information content (AvgIpc) is 2.92. The highest BCUT2D eigenvalue weighted by Crippen LogP contribution is 2.46. The maximum absolute atomic E-state index is 13.7. The summed E-state index contributed by atoms with van der Waals surface area (Å²) in [5, 5.41) is 0. The van der Waals surface area contributed by atoms with Gasteiger partial charge in [0, 0.05) is 23.7 Å². The number of fused-ring (bicyclic) bond motifs is 1. The number of carbonyl (C=O) groups is 2. The van der Waals surface area contributed by atoms with Crippen molar-refractivity contribution in [2.45, 2.75) is 45.1 Å². The number of benzene rings is 3. The van der Waals surface area contributed by atoms with E-state index < -0.39 is 17.8 Å². The number of nitrogens with zero attached hydrogens (tertiary/aromatic N) is 1. The first-order chi connectivity index (χ1) is 18.0. The predicted molar refractivity (Wildman–Crippen MR) is 144 cm³/mol.